The van der Waals surface area contributed by atoms with Crippen LogP contribution >= 0.6 is 28.3 Å². The second kappa shape index (κ2) is 4.96. The number of hydrogen-bond acceptors (Lipinski definition) is 2. The smallest absolute Gasteiger partial charge is 0.179 e. The van der Waals surface area contributed by atoms with E-state index in [2.05, 4.69) is 21.2 Å². The summed E-state index contributed by atoms with van der Waals surface area (Å²) < 4.78 is 19.2. The number of benzene rings is 1. The molecule has 1 aliphatic rings. The molecule has 0 radical (unpaired) electrons. The van der Waals surface area contributed by atoms with E-state index in [1.165, 1.54) is 0 Å². The molecule has 0 aromatic heterocycles. The van der Waals surface area contributed by atoms with E-state index in [4.69, 9.17) is 4.74 Å². The summed E-state index contributed by atoms with van der Waals surface area (Å²) in [6.45, 7) is 1.94. The van der Waals surface area contributed by atoms with E-state index in [0.29, 0.717) is 23.4 Å². The molecular formula is C9H10BrClFNO. The zero-order valence-electron chi connectivity index (χ0n) is 7.35. The van der Waals surface area contributed by atoms with Crippen LogP contribution in [0.4, 0.5) is 4.39 Å². The van der Waals surface area contributed by atoms with E-state index in [-0.39, 0.29) is 18.2 Å². The van der Waals surface area contributed by atoms with Crippen LogP contribution in [0.1, 0.15) is 5.56 Å². The first-order valence-electron chi connectivity index (χ1n) is 4.09. The molecule has 0 saturated heterocycles. The second-order valence-corrected chi connectivity index (χ2v) is 3.73. The molecule has 0 amide bonds. The van der Waals surface area contributed by atoms with Crippen LogP contribution < -0.4 is 10.1 Å². The molecule has 0 unspecified atom stereocenters. The Morgan fingerprint density at radius 2 is 2.21 bits per heavy atom. The van der Waals surface area contributed by atoms with Crippen LogP contribution in [0.2, 0.25) is 0 Å². The molecule has 0 saturated carbocycles. The van der Waals surface area contributed by atoms with E-state index in [0.717, 1.165) is 12.1 Å². The van der Waals surface area contributed by atoms with Crippen molar-refractivity contribution in [3.63, 3.8) is 0 Å². The van der Waals surface area contributed by atoms with Crippen LogP contribution in [-0.4, -0.2) is 13.2 Å². The number of nitrogens with one attached hydrogen (secondary N) is 1. The number of halogens is 3. The van der Waals surface area contributed by atoms with E-state index in [9.17, 15) is 4.39 Å². The van der Waals surface area contributed by atoms with Crippen LogP contribution in [0, 0.1) is 5.82 Å². The highest BCUT2D eigenvalue weighted by Crippen LogP contribution is 2.29. The lowest BCUT2D eigenvalue weighted by molar-refractivity contribution is 0.309. The maximum Gasteiger partial charge on any atom is 0.179 e. The molecule has 0 bridgehead atoms. The fourth-order valence-electron chi connectivity index (χ4n) is 1.32. The molecule has 5 heteroatoms. The van der Waals surface area contributed by atoms with Crippen molar-refractivity contribution in [3.8, 4) is 5.75 Å². The average Bonchev–Trinajstić information content (AvgIpc) is 2.36. The van der Waals surface area contributed by atoms with Gasteiger partial charge in [-0.05, 0) is 22.0 Å². The molecule has 14 heavy (non-hydrogen) atoms. The normalized spacial score (nSPS) is 14.7. The molecule has 1 heterocycles. The van der Waals surface area contributed by atoms with Crippen LogP contribution in [0.3, 0.4) is 0 Å². The van der Waals surface area contributed by atoms with Crippen LogP contribution in [-0.2, 0) is 6.54 Å². The van der Waals surface area contributed by atoms with Gasteiger partial charge in [-0.3, -0.25) is 0 Å². The second-order valence-electron chi connectivity index (χ2n) is 2.87. The quantitative estimate of drug-likeness (QED) is 0.789. The Kier molecular flexibility index (Phi) is 4.16. The summed E-state index contributed by atoms with van der Waals surface area (Å²) in [6, 6.07) is 3.56. The van der Waals surface area contributed by atoms with E-state index in [1.54, 1.807) is 6.07 Å². The van der Waals surface area contributed by atoms with Gasteiger partial charge in [0.15, 0.2) is 11.6 Å². The predicted molar refractivity (Wildman–Crippen MR) is 58.5 cm³/mol. The maximum atomic E-state index is 13.5. The zero-order valence-corrected chi connectivity index (χ0v) is 9.75. The first-order chi connectivity index (χ1) is 6.29. The van der Waals surface area contributed by atoms with E-state index in [1.807, 2.05) is 6.07 Å². The maximum absolute atomic E-state index is 13.5. The largest absolute Gasteiger partial charge is 0.489 e. The Morgan fingerprint density at radius 1 is 1.43 bits per heavy atom. The van der Waals surface area contributed by atoms with Crippen molar-refractivity contribution in [1.82, 2.24) is 5.32 Å². The Balaban J connectivity index is 0.000000980. The molecule has 1 aromatic carbocycles. The Hall–Kier alpha value is -0.320. The van der Waals surface area contributed by atoms with Gasteiger partial charge in [-0.25, -0.2) is 4.39 Å². The van der Waals surface area contributed by atoms with Crippen molar-refractivity contribution in [1.29, 1.82) is 0 Å². The SMILES string of the molecule is Cl.Fc1c(Br)ccc2c1OCCNC2. The fourth-order valence-corrected chi connectivity index (χ4v) is 1.63. The topological polar surface area (TPSA) is 21.3 Å². The molecule has 0 aliphatic carbocycles. The van der Waals surface area contributed by atoms with E-state index >= 15 is 0 Å². The standard InChI is InChI=1S/C9H9BrFNO.ClH/c10-7-2-1-6-5-12-3-4-13-9(6)8(7)11;/h1-2,12H,3-5H2;1H. The zero-order chi connectivity index (χ0) is 9.26. The number of hydrogen-bond donors (Lipinski definition) is 1. The number of rotatable bonds is 0. The molecule has 0 spiro atoms. The Bertz CT molecular complexity index is 335. The van der Waals surface area contributed by atoms with Crippen molar-refractivity contribution in [2.24, 2.45) is 0 Å². The molecule has 78 valence electrons. The van der Waals surface area contributed by atoms with Gasteiger partial charge in [0, 0.05) is 18.7 Å². The minimum Gasteiger partial charge on any atom is -0.489 e. The van der Waals surface area contributed by atoms with Crippen LogP contribution in [0.25, 0.3) is 0 Å². The highest BCUT2D eigenvalue weighted by Gasteiger charge is 2.15. The van der Waals surface area contributed by atoms with Gasteiger partial charge in [-0.1, -0.05) is 6.07 Å². The summed E-state index contributed by atoms with van der Waals surface area (Å²) in [5.74, 6) is 0.0700. The third-order valence-electron chi connectivity index (χ3n) is 1.97. The van der Waals surface area contributed by atoms with Crippen LogP contribution in [0.5, 0.6) is 5.75 Å². The van der Waals surface area contributed by atoms with E-state index < -0.39 is 0 Å². The first kappa shape index (κ1) is 11.8. The molecule has 0 atom stereocenters. The van der Waals surface area contributed by atoms with Crippen molar-refractivity contribution < 1.29 is 9.13 Å². The van der Waals surface area contributed by atoms with Gasteiger partial charge in [0.05, 0.1) is 4.47 Å². The van der Waals surface area contributed by atoms with Gasteiger partial charge in [0.25, 0.3) is 0 Å². The Morgan fingerprint density at radius 3 is 3.00 bits per heavy atom. The molecular weight excluding hydrogens is 272 g/mol. The van der Waals surface area contributed by atoms with Gasteiger partial charge in [-0.15, -0.1) is 12.4 Å². The molecule has 1 aromatic rings. The molecule has 1 aliphatic heterocycles. The van der Waals surface area contributed by atoms with Gasteiger partial charge in [0.2, 0.25) is 0 Å². The molecule has 1 N–H and O–H groups in total. The van der Waals surface area contributed by atoms with Crippen LogP contribution in [0.15, 0.2) is 16.6 Å². The summed E-state index contributed by atoms with van der Waals surface area (Å²) in [5.41, 5.74) is 0.873. The lowest BCUT2D eigenvalue weighted by atomic mass is 10.2. The summed E-state index contributed by atoms with van der Waals surface area (Å²) in [5, 5.41) is 3.14. The lowest BCUT2D eigenvalue weighted by Crippen LogP contribution is -2.16. The monoisotopic (exact) mass is 281 g/mol. The third kappa shape index (κ3) is 2.19. The summed E-state index contributed by atoms with van der Waals surface area (Å²) in [4.78, 5) is 0. The van der Waals surface area contributed by atoms with Crippen molar-refractivity contribution >= 4 is 28.3 Å². The van der Waals surface area contributed by atoms with Gasteiger partial charge >= 0.3 is 0 Å². The molecule has 2 nitrogen and oxygen atoms in total. The third-order valence-corrected chi connectivity index (χ3v) is 2.58. The van der Waals surface area contributed by atoms with Gasteiger partial charge < -0.3 is 10.1 Å². The van der Waals surface area contributed by atoms with Gasteiger partial charge in [0.1, 0.15) is 6.61 Å². The average molecular weight is 283 g/mol. The lowest BCUT2D eigenvalue weighted by Gasteiger charge is -2.08. The van der Waals surface area contributed by atoms with Crippen molar-refractivity contribution in [2.45, 2.75) is 6.54 Å². The van der Waals surface area contributed by atoms with Crippen molar-refractivity contribution in [3.05, 3.63) is 28.0 Å². The first-order valence-corrected chi connectivity index (χ1v) is 4.89. The summed E-state index contributed by atoms with van der Waals surface area (Å²) >= 11 is 3.12. The molecule has 0 fully saturated rings. The fraction of sp³-hybridized carbons (Fsp3) is 0.333. The number of fused-ring (bicyclic) bond motifs is 1. The minimum atomic E-state index is -0.304. The minimum absolute atomic E-state index is 0. The predicted octanol–water partition coefficient (Wildman–Crippen LogP) is 2.49. The molecule has 2 rings (SSSR count). The summed E-state index contributed by atoms with van der Waals surface area (Å²) in [7, 11) is 0. The number of ether oxygens (including phenoxy) is 1. The van der Waals surface area contributed by atoms with Gasteiger partial charge in [-0.2, -0.15) is 0 Å². The van der Waals surface area contributed by atoms with Crippen molar-refractivity contribution in [2.75, 3.05) is 13.2 Å². The highest BCUT2D eigenvalue weighted by atomic mass is 79.9. The Labute approximate surface area is 96.4 Å². The summed E-state index contributed by atoms with van der Waals surface area (Å²) in [6.07, 6.45) is 0. The highest BCUT2D eigenvalue weighted by molar-refractivity contribution is 9.10.